The van der Waals surface area contributed by atoms with E-state index >= 15 is 0 Å². The van der Waals surface area contributed by atoms with Crippen molar-refractivity contribution in [2.24, 2.45) is 13.0 Å². The van der Waals surface area contributed by atoms with Crippen molar-refractivity contribution < 1.29 is 4.79 Å². The van der Waals surface area contributed by atoms with Crippen LogP contribution in [0, 0.1) is 19.8 Å². The largest absolute Gasteiger partial charge is 0.352 e. The molecule has 1 atom stereocenters. The van der Waals surface area contributed by atoms with E-state index in [1.54, 1.807) is 0 Å². The molecule has 2 N–H and O–H groups in total. The van der Waals surface area contributed by atoms with Crippen molar-refractivity contribution in [1.82, 2.24) is 20.4 Å². The Hall–Kier alpha value is -1.07. The Balaban J connectivity index is 0.00000220. The Bertz CT molecular complexity index is 482. The third-order valence-electron chi connectivity index (χ3n) is 3.99. The average molecular weight is 315 g/mol. The molecule has 0 aromatic carbocycles. The first kappa shape index (κ1) is 18.0. The van der Waals surface area contributed by atoms with Gasteiger partial charge in [0.25, 0.3) is 0 Å². The number of nitrogens with one attached hydrogen (secondary N) is 2. The molecule has 0 bridgehead atoms. The number of rotatable bonds is 7. The molecule has 2 rings (SSSR count). The number of nitrogens with zero attached hydrogens (tertiary/aromatic N) is 2. The first-order chi connectivity index (χ1) is 9.47. The summed E-state index contributed by atoms with van der Waals surface area (Å²) in [5, 5.41) is 10.7. The molecule has 0 saturated heterocycles. The molecule has 1 aromatic heterocycles. The van der Waals surface area contributed by atoms with E-state index in [4.69, 9.17) is 0 Å². The lowest BCUT2D eigenvalue weighted by atomic mass is 10.1. The molecule has 6 heteroatoms. The van der Waals surface area contributed by atoms with E-state index in [-0.39, 0.29) is 24.4 Å². The van der Waals surface area contributed by atoms with Gasteiger partial charge in [0.1, 0.15) is 0 Å². The summed E-state index contributed by atoms with van der Waals surface area (Å²) in [5.74, 6) is 0.887. The average Bonchev–Trinajstić information content (AvgIpc) is 3.14. The lowest BCUT2D eigenvalue weighted by Gasteiger charge is -2.14. The Kier molecular flexibility index (Phi) is 6.68. The van der Waals surface area contributed by atoms with Gasteiger partial charge in [-0.2, -0.15) is 5.10 Å². The number of aryl methyl sites for hydroxylation is 2. The van der Waals surface area contributed by atoms with Crippen LogP contribution in [-0.4, -0.2) is 34.8 Å². The van der Waals surface area contributed by atoms with E-state index in [1.807, 2.05) is 25.6 Å². The molecule has 1 amide bonds. The van der Waals surface area contributed by atoms with Crippen LogP contribution in [0.1, 0.15) is 36.7 Å². The van der Waals surface area contributed by atoms with Crippen LogP contribution in [0.3, 0.4) is 0 Å². The second-order valence-corrected chi connectivity index (χ2v) is 6.02. The molecular weight excluding hydrogens is 288 g/mol. The molecule has 1 unspecified atom stereocenters. The van der Waals surface area contributed by atoms with Crippen molar-refractivity contribution in [3.63, 3.8) is 0 Å². The first-order valence-corrected chi connectivity index (χ1v) is 7.46. The van der Waals surface area contributed by atoms with Crippen LogP contribution < -0.4 is 10.6 Å². The van der Waals surface area contributed by atoms with Crippen molar-refractivity contribution in [2.75, 3.05) is 13.1 Å². The summed E-state index contributed by atoms with van der Waals surface area (Å²) in [6, 6.07) is 0.131. The molecule has 1 aliphatic carbocycles. The summed E-state index contributed by atoms with van der Waals surface area (Å²) >= 11 is 0. The highest BCUT2D eigenvalue weighted by Crippen LogP contribution is 2.27. The maximum absolute atomic E-state index is 11.8. The van der Waals surface area contributed by atoms with Crippen LogP contribution in [0.4, 0.5) is 0 Å². The number of amides is 1. The van der Waals surface area contributed by atoms with Gasteiger partial charge in [-0.1, -0.05) is 0 Å². The van der Waals surface area contributed by atoms with Crippen LogP contribution >= 0.6 is 12.4 Å². The van der Waals surface area contributed by atoms with Gasteiger partial charge in [-0.25, -0.2) is 0 Å². The normalized spacial score (nSPS) is 15.4. The molecule has 21 heavy (non-hydrogen) atoms. The highest BCUT2D eigenvalue weighted by atomic mass is 35.5. The van der Waals surface area contributed by atoms with Crippen molar-refractivity contribution in [3.05, 3.63) is 17.0 Å². The van der Waals surface area contributed by atoms with Gasteiger partial charge in [0.05, 0.1) is 12.2 Å². The zero-order valence-electron chi connectivity index (χ0n) is 13.4. The minimum absolute atomic E-state index is 0. The fourth-order valence-electron chi connectivity index (χ4n) is 2.51. The monoisotopic (exact) mass is 314 g/mol. The minimum atomic E-state index is 0. The van der Waals surface area contributed by atoms with Crippen molar-refractivity contribution in [1.29, 1.82) is 0 Å². The van der Waals surface area contributed by atoms with Crippen molar-refractivity contribution >= 4 is 18.3 Å². The van der Waals surface area contributed by atoms with Gasteiger partial charge in [0.2, 0.25) is 5.91 Å². The zero-order valence-corrected chi connectivity index (χ0v) is 14.2. The van der Waals surface area contributed by atoms with Crippen LogP contribution in [0.15, 0.2) is 0 Å². The standard InChI is InChI=1S/C15H26N4O.ClH/c1-10(7-14-11(2)18-19(4)12(14)3)17-15(20)9-16-8-13-5-6-13;/h10,13,16H,5-9H2,1-4H3,(H,17,20);1H. The number of hydrogen-bond donors (Lipinski definition) is 2. The number of halogens is 1. The topological polar surface area (TPSA) is 59.0 Å². The molecule has 1 fully saturated rings. The predicted octanol–water partition coefficient (Wildman–Crippen LogP) is 1.51. The number of carbonyl (C=O) groups excluding carboxylic acids is 1. The number of hydrogen-bond acceptors (Lipinski definition) is 3. The fourth-order valence-corrected chi connectivity index (χ4v) is 2.51. The third-order valence-corrected chi connectivity index (χ3v) is 3.99. The summed E-state index contributed by atoms with van der Waals surface area (Å²) in [6.07, 6.45) is 3.45. The number of carbonyl (C=O) groups is 1. The van der Waals surface area contributed by atoms with Gasteiger partial charge < -0.3 is 10.6 Å². The second-order valence-electron chi connectivity index (χ2n) is 6.02. The minimum Gasteiger partial charge on any atom is -0.352 e. The highest BCUT2D eigenvalue weighted by molar-refractivity contribution is 5.85. The van der Waals surface area contributed by atoms with Gasteiger partial charge in [0, 0.05) is 18.8 Å². The van der Waals surface area contributed by atoms with E-state index < -0.39 is 0 Å². The van der Waals surface area contributed by atoms with Gasteiger partial charge in [-0.15, -0.1) is 12.4 Å². The Morgan fingerprint density at radius 1 is 1.43 bits per heavy atom. The van der Waals surface area contributed by atoms with E-state index in [0.29, 0.717) is 6.54 Å². The Morgan fingerprint density at radius 3 is 2.62 bits per heavy atom. The third kappa shape index (κ3) is 5.32. The van der Waals surface area contributed by atoms with Crippen LogP contribution in [0.25, 0.3) is 0 Å². The molecule has 120 valence electrons. The second kappa shape index (κ2) is 7.80. The first-order valence-electron chi connectivity index (χ1n) is 7.46. The van der Waals surface area contributed by atoms with Crippen LogP contribution in [-0.2, 0) is 18.3 Å². The summed E-state index contributed by atoms with van der Waals surface area (Å²) in [5.41, 5.74) is 3.47. The highest BCUT2D eigenvalue weighted by Gasteiger charge is 2.21. The van der Waals surface area contributed by atoms with Gasteiger partial charge in [-0.3, -0.25) is 9.48 Å². The predicted molar refractivity (Wildman–Crippen MR) is 86.8 cm³/mol. The van der Waals surface area contributed by atoms with Gasteiger partial charge >= 0.3 is 0 Å². The summed E-state index contributed by atoms with van der Waals surface area (Å²) in [7, 11) is 1.96. The Labute approximate surface area is 133 Å². The molecule has 1 aliphatic rings. The Morgan fingerprint density at radius 2 is 2.10 bits per heavy atom. The van der Waals surface area contributed by atoms with E-state index in [1.165, 1.54) is 24.1 Å². The smallest absolute Gasteiger partial charge is 0.234 e. The molecule has 1 heterocycles. The quantitative estimate of drug-likeness (QED) is 0.802. The summed E-state index contributed by atoms with van der Waals surface area (Å²) in [6.45, 7) is 7.54. The van der Waals surface area contributed by atoms with Gasteiger partial charge in [-0.05, 0) is 58.1 Å². The van der Waals surface area contributed by atoms with Crippen molar-refractivity contribution in [2.45, 2.75) is 46.1 Å². The summed E-state index contributed by atoms with van der Waals surface area (Å²) in [4.78, 5) is 11.8. The van der Waals surface area contributed by atoms with Gasteiger partial charge in [0.15, 0.2) is 0 Å². The molecule has 0 radical (unpaired) electrons. The van der Waals surface area contributed by atoms with Crippen molar-refractivity contribution in [3.8, 4) is 0 Å². The molecular formula is C15H27ClN4O. The maximum atomic E-state index is 11.8. The number of aromatic nitrogens is 2. The fraction of sp³-hybridized carbons (Fsp3) is 0.733. The molecule has 1 saturated carbocycles. The molecule has 0 aliphatic heterocycles. The maximum Gasteiger partial charge on any atom is 0.234 e. The molecule has 1 aromatic rings. The van der Waals surface area contributed by atoms with E-state index in [9.17, 15) is 4.79 Å². The van der Waals surface area contributed by atoms with Crippen LogP contribution in [0.2, 0.25) is 0 Å². The summed E-state index contributed by atoms with van der Waals surface area (Å²) < 4.78 is 1.90. The molecule has 5 nitrogen and oxygen atoms in total. The zero-order chi connectivity index (χ0) is 14.7. The van der Waals surface area contributed by atoms with E-state index in [2.05, 4.69) is 22.7 Å². The SMILES string of the molecule is Cc1nn(C)c(C)c1CC(C)NC(=O)CNCC1CC1.Cl. The van der Waals surface area contributed by atoms with Crippen LogP contribution in [0.5, 0.6) is 0 Å². The molecule has 0 spiro atoms. The van der Waals surface area contributed by atoms with E-state index in [0.717, 1.165) is 24.6 Å². The lowest BCUT2D eigenvalue weighted by molar-refractivity contribution is -0.120. The lowest BCUT2D eigenvalue weighted by Crippen LogP contribution is -2.40.